The van der Waals surface area contributed by atoms with Crippen LogP contribution in [0.2, 0.25) is 0 Å². The number of hydrogen-bond donors (Lipinski definition) is 4. The molecule has 11 nitrogen and oxygen atoms in total. The van der Waals surface area contributed by atoms with Gasteiger partial charge in [0.25, 0.3) is 5.91 Å². The maximum Gasteiger partial charge on any atom is 0.325 e. The smallest absolute Gasteiger partial charge is 0.325 e. The Morgan fingerprint density at radius 2 is 1.97 bits per heavy atom. The van der Waals surface area contributed by atoms with Crippen molar-refractivity contribution in [3.8, 4) is 0 Å². The van der Waals surface area contributed by atoms with Crippen molar-refractivity contribution in [3.05, 3.63) is 29.6 Å². The molecule has 2 amide bonds. The van der Waals surface area contributed by atoms with E-state index in [-0.39, 0.29) is 42.9 Å². The zero-order chi connectivity index (χ0) is 26.9. The zero-order valence-corrected chi connectivity index (χ0v) is 21.5. The summed E-state index contributed by atoms with van der Waals surface area (Å²) in [6, 6.07) is 5.66. The molecule has 0 aliphatic heterocycles. The minimum Gasteiger partial charge on any atom is -0.468 e. The van der Waals surface area contributed by atoms with Gasteiger partial charge in [-0.3, -0.25) is 24.4 Å². The lowest BCUT2D eigenvalue weighted by Gasteiger charge is -2.22. The van der Waals surface area contributed by atoms with E-state index >= 15 is 0 Å². The van der Waals surface area contributed by atoms with E-state index in [0.717, 1.165) is 43.4 Å². The van der Waals surface area contributed by atoms with E-state index in [1.807, 2.05) is 13.0 Å². The minimum atomic E-state index is -0.581. The van der Waals surface area contributed by atoms with Gasteiger partial charge in [0.05, 0.1) is 18.1 Å². The van der Waals surface area contributed by atoms with Gasteiger partial charge in [-0.1, -0.05) is 13.3 Å². The summed E-state index contributed by atoms with van der Waals surface area (Å²) < 4.78 is 6.82. The van der Waals surface area contributed by atoms with Crippen molar-refractivity contribution in [1.29, 1.82) is 0 Å². The Morgan fingerprint density at radius 3 is 2.62 bits per heavy atom. The molecule has 2 unspecified atom stereocenters. The van der Waals surface area contributed by atoms with E-state index in [9.17, 15) is 19.2 Å². The second-order valence-corrected chi connectivity index (χ2v) is 9.65. The molecule has 5 N–H and O–H groups in total. The van der Waals surface area contributed by atoms with Gasteiger partial charge in [-0.2, -0.15) is 0 Å². The summed E-state index contributed by atoms with van der Waals surface area (Å²) in [5.41, 5.74) is 9.32. The van der Waals surface area contributed by atoms with Crippen molar-refractivity contribution in [2.24, 2.45) is 11.7 Å². The molecule has 1 aliphatic rings. The average Bonchev–Trinajstić information content (AvgIpc) is 3.68. The number of aromatic nitrogens is 2. The first-order valence-electron chi connectivity index (χ1n) is 12.8. The highest BCUT2D eigenvalue weighted by Crippen LogP contribution is 2.42. The molecule has 1 heterocycles. The standard InChI is InChI=1S/C26H37N5O6/c1-16(22(32)10-11-23(33)30-36)13-17(5-3-4-12-27)25-29-20-14-18(26(35)28-15-24(34)37-2)6-9-21(20)31(25)19-7-8-19/h6,9,14,16-17,19,36H,3-5,7-8,10-13,15,27H2,1-2H3,(H,28,35)(H,30,33). The molecule has 0 saturated heterocycles. The number of hydrogen-bond acceptors (Lipinski definition) is 8. The third kappa shape index (κ3) is 7.59. The van der Waals surface area contributed by atoms with E-state index in [0.29, 0.717) is 30.1 Å². The highest BCUT2D eigenvalue weighted by Gasteiger charge is 2.32. The maximum atomic E-state index is 12.7. The monoisotopic (exact) mass is 515 g/mol. The number of Topliss-reactive ketones (excluding diaryl/α,β-unsaturated/α-hetero) is 1. The van der Waals surface area contributed by atoms with Crippen LogP contribution in [-0.2, 0) is 19.1 Å². The summed E-state index contributed by atoms with van der Waals surface area (Å²) in [4.78, 5) is 53.0. The number of ether oxygens (including phenoxy) is 1. The fourth-order valence-electron chi connectivity index (χ4n) is 4.57. The minimum absolute atomic E-state index is 0.00164. The van der Waals surface area contributed by atoms with Crippen LogP contribution in [-0.4, -0.2) is 58.5 Å². The van der Waals surface area contributed by atoms with E-state index < -0.39 is 11.9 Å². The van der Waals surface area contributed by atoms with Gasteiger partial charge in [-0.15, -0.1) is 0 Å². The van der Waals surface area contributed by atoms with Crippen molar-refractivity contribution >= 4 is 34.6 Å². The normalized spacial score (nSPS) is 14.7. The number of benzene rings is 1. The van der Waals surface area contributed by atoms with Gasteiger partial charge in [-0.25, -0.2) is 10.5 Å². The average molecular weight is 516 g/mol. The lowest BCUT2D eigenvalue weighted by Crippen LogP contribution is -2.30. The summed E-state index contributed by atoms with van der Waals surface area (Å²) >= 11 is 0. The molecule has 1 saturated carbocycles. The molecular weight excluding hydrogens is 478 g/mol. The van der Waals surface area contributed by atoms with Crippen molar-refractivity contribution in [2.45, 2.75) is 70.3 Å². The van der Waals surface area contributed by atoms with Gasteiger partial charge in [0.1, 0.15) is 18.2 Å². The number of ketones is 1. The van der Waals surface area contributed by atoms with E-state index in [1.54, 1.807) is 17.6 Å². The number of fused-ring (bicyclic) bond motifs is 1. The SMILES string of the molecule is COC(=O)CNC(=O)c1ccc2c(c1)nc(C(CCCCN)CC(C)C(=O)CCC(=O)NO)n2C1CC1. The van der Waals surface area contributed by atoms with Crippen LogP contribution in [0.15, 0.2) is 18.2 Å². The third-order valence-electron chi connectivity index (χ3n) is 6.79. The van der Waals surface area contributed by atoms with Crippen molar-refractivity contribution in [3.63, 3.8) is 0 Å². The van der Waals surface area contributed by atoms with Crippen molar-refractivity contribution in [1.82, 2.24) is 20.3 Å². The number of amides is 2. The first-order chi connectivity index (χ1) is 17.8. The molecule has 1 aromatic heterocycles. The number of rotatable bonds is 15. The Labute approximate surface area is 216 Å². The first kappa shape index (κ1) is 28.3. The molecule has 0 bridgehead atoms. The maximum absolute atomic E-state index is 12.7. The van der Waals surface area contributed by atoms with Crippen LogP contribution < -0.4 is 16.5 Å². The van der Waals surface area contributed by atoms with Crippen LogP contribution in [0.1, 0.15) is 86.4 Å². The van der Waals surface area contributed by atoms with E-state index in [4.69, 9.17) is 15.9 Å². The number of methoxy groups -OCH3 is 1. The Morgan fingerprint density at radius 1 is 1.22 bits per heavy atom. The van der Waals surface area contributed by atoms with E-state index in [2.05, 4.69) is 14.6 Å². The highest BCUT2D eigenvalue weighted by atomic mass is 16.5. The number of hydroxylamine groups is 1. The summed E-state index contributed by atoms with van der Waals surface area (Å²) in [6.45, 7) is 2.23. The Kier molecular flexibility index (Phi) is 10.2. The Bertz CT molecular complexity index is 1130. The predicted molar refractivity (Wildman–Crippen MR) is 136 cm³/mol. The van der Waals surface area contributed by atoms with Crippen LogP contribution in [0, 0.1) is 5.92 Å². The number of imidazole rings is 1. The number of nitrogens with one attached hydrogen (secondary N) is 2. The topological polar surface area (TPSA) is 166 Å². The molecule has 202 valence electrons. The van der Waals surface area contributed by atoms with Crippen LogP contribution >= 0.6 is 0 Å². The summed E-state index contributed by atoms with van der Waals surface area (Å²) in [7, 11) is 1.26. The largest absolute Gasteiger partial charge is 0.468 e. The molecule has 11 heteroatoms. The molecule has 2 aromatic rings. The molecule has 1 aromatic carbocycles. The van der Waals surface area contributed by atoms with Crippen LogP contribution in [0.4, 0.5) is 0 Å². The molecule has 1 aliphatic carbocycles. The van der Waals surface area contributed by atoms with Crippen molar-refractivity contribution < 1.29 is 29.1 Å². The van der Waals surface area contributed by atoms with Gasteiger partial charge < -0.3 is 20.4 Å². The van der Waals surface area contributed by atoms with Crippen LogP contribution in [0.3, 0.4) is 0 Å². The number of carbonyl (C=O) groups is 4. The lowest BCUT2D eigenvalue weighted by atomic mass is 9.87. The number of esters is 1. The first-order valence-corrected chi connectivity index (χ1v) is 12.8. The number of nitrogens with zero attached hydrogens (tertiary/aromatic N) is 2. The fourth-order valence-corrected chi connectivity index (χ4v) is 4.57. The van der Waals surface area contributed by atoms with E-state index in [1.165, 1.54) is 7.11 Å². The molecule has 3 rings (SSSR count). The van der Waals surface area contributed by atoms with Gasteiger partial charge in [-0.05, 0) is 56.8 Å². The summed E-state index contributed by atoms with van der Waals surface area (Å²) in [5, 5.41) is 11.2. The molecule has 2 atom stereocenters. The van der Waals surface area contributed by atoms with Gasteiger partial charge >= 0.3 is 5.97 Å². The molecule has 37 heavy (non-hydrogen) atoms. The molecular formula is C26H37N5O6. The Hall–Kier alpha value is -3.31. The quantitative estimate of drug-likeness (QED) is 0.121. The summed E-state index contributed by atoms with van der Waals surface area (Å²) in [6.07, 6.45) is 5.24. The van der Waals surface area contributed by atoms with Crippen LogP contribution in [0.25, 0.3) is 11.0 Å². The predicted octanol–water partition coefficient (Wildman–Crippen LogP) is 2.37. The second kappa shape index (κ2) is 13.3. The van der Waals surface area contributed by atoms with Gasteiger partial charge in [0, 0.05) is 36.3 Å². The lowest BCUT2D eigenvalue weighted by molar-refractivity contribution is -0.139. The number of carbonyl (C=O) groups excluding carboxylic acids is 4. The number of nitrogens with two attached hydrogens (primary N) is 1. The summed E-state index contributed by atoms with van der Waals surface area (Å²) in [5.74, 6) is -0.929. The third-order valence-corrected chi connectivity index (χ3v) is 6.79. The van der Waals surface area contributed by atoms with Crippen LogP contribution in [0.5, 0.6) is 0 Å². The molecule has 1 fully saturated rings. The molecule has 0 spiro atoms. The zero-order valence-electron chi connectivity index (χ0n) is 21.5. The molecule has 0 radical (unpaired) electrons. The second-order valence-electron chi connectivity index (χ2n) is 9.65. The number of unbranched alkanes of at least 4 members (excludes halogenated alkanes) is 1. The van der Waals surface area contributed by atoms with Gasteiger partial charge in [0.2, 0.25) is 5.91 Å². The fraction of sp³-hybridized carbons (Fsp3) is 0.577. The van der Waals surface area contributed by atoms with Crippen molar-refractivity contribution in [2.75, 3.05) is 20.2 Å². The Balaban J connectivity index is 1.87. The van der Waals surface area contributed by atoms with Gasteiger partial charge in [0.15, 0.2) is 0 Å². The highest BCUT2D eigenvalue weighted by molar-refractivity contribution is 5.98.